The molecule has 6 heteroatoms. The molecule has 3 rings (SSSR count). The minimum Gasteiger partial charge on any atom is -0.345 e. The highest BCUT2D eigenvalue weighted by Crippen LogP contribution is 2.18. The van der Waals surface area contributed by atoms with E-state index in [-0.39, 0.29) is 17.9 Å². The molecule has 5 nitrogen and oxygen atoms in total. The number of carbonyl (C=O) groups is 2. The SMILES string of the molecule is Cc1nn(-c2ccccc2)c(C)c1C(=O)C(=O)NCc1cccc(F)c1. The Kier molecular flexibility index (Phi) is 4.93. The van der Waals surface area contributed by atoms with Crippen LogP contribution in [-0.2, 0) is 11.3 Å². The van der Waals surface area contributed by atoms with Crippen molar-refractivity contribution in [2.45, 2.75) is 20.4 Å². The Morgan fingerprint density at radius 3 is 2.50 bits per heavy atom. The monoisotopic (exact) mass is 351 g/mol. The van der Waals surface area contributed by atoms with Gasteiger partial charge in [0, 0.05) is 6.54 Å². The summed E-state index contributed by atoms with van der Waals surface area (Å²) in [5.41, 5.74) is 2.76. The Morgan fingerprint density at radius 2 is 1.81 bits per heavy atom. The zero-order chi connectivity index (χ0) is 18.7. The van der Waals surface area contributed by atoms with Gasteiger partial charge < -0.3 is 5.32 Å². The first-order chi connectivity index (χ1) is 12.5. The van der Waals surface area contributed by atoms with Gasteiger partial charge in [-0.25, -0.2) is 9.07 Å². The number of Topliss-reactive ketones (excluding diaryl/α,β-unsaturated/α-hetero) is 1. The summed E-state index contributed by atoms with van der Waals surface area (Å²) in [7, 11) is 0. The second kappa shape index (κ2) is 7.31. The number of ketones is 1. The van der Waals surface area contributed by atoms with Crippen LogP contribution >= 0.6 is 0 Å². The van der Waals surface area contributed by atoms with Crippen molar-refractivity contribution < 1.29 is 14.0 Å². The Morgan fingerprint density at radius 1 is 1.08 bits per heavy atom. The molecule has 132 valence electrons. The molecule has 1 amide bonds. The van der Waals surface area contributed by atoms with Crippen LogP contribution in [0.5, 0.6) is 0 Å². The number of rotatable bonds is 5. The van der Waals surface area contributed by atoms with Crippen LogP contribution < -0.4 is 5.32 Å². The lowest BCUT2D eigenvalue weighted by Crippen LogP contribution is -2.31. The van der Waals surface area contributed by atoms with Gasteiger partial charge in [-0.3, -0.25) is 9.59 Å². The van der Waals surface area contributed by atoms with E-state index >= 15 is 0 Å². The van der Waals surface area contributed by atoms with E-state index in [1.807, 2.05) is 30.3 Å². The Hall–Kier alpha value is -3.28. The molecule has 0 bridgehead atoms. The van der Waals surface area contributed by atoms with Gasteiger partial charge in [-0.15, -0.1) is 0 Å². The van der Waals surface area contributed by atoms with Gasteiger partial charge in [0.05, 0.1) is 22.6 Å². The molecular weight excluding hydrogens is 333 g/mol. The molecule has 0 unspecified atom stereocenters. The summed E-state index contributed by atoms with van der Waals surface area (Å²) >= 11 is 0. The zero-order valence-corrected chi connectivity index (χ0v) is 14.5. The molecule has 2 aromatic carbocycles. The molecular formula is C20H18FN3O2. The van der Waals surface area contributed by atoms with Gasteiger partial charge in [0.1, 0.15) is 5.82 Å². The summed E-state index contributed by atoms with van der Waals surface area (Å²) in [4.78, 5) is 24.8. The summed E-state index contributed by atoms with van der Waals surface area (Å²) < 4.78 is 14.8. The molecule has 0 spiro atoms. The van der Waals surface area contributed by atoms with Crippen LogP contribution in [-0.4, -0.2) is 21.5 Å². The van der Waals surface area contributed by atoms with Crippen molar-refractivity contribution >= 4 is 11.7 Å². The van der Waals surface area contributed by atoms with Crippen molar-refractivity contribution in [1.29, 1.82) is 0 Å². The Bertz CT molecular complexity index is 964. The molecule has 1 aromatic heterocycles. The molecule has 1 N–H and O–H groups in total. The molecule has 26 heavy (non-hydrogen) atoms. The van der Waals surface area contributed by atoms with E-state index < -0.39 is 11.7 Å². The molecule has 0 saturated heterocycles. The van der Waals surface area contributed by atoms with Gasteiger partial charge in [0.25, 0.3) is 11.7 Å². The second-order valence-corrected chi connectivity index (χ2v) is 5.93. The van der Waals surface area contributed by atoms with Crippen LogP contribution in [0.2, 0.25) is 0 Å². The predicted molar refractivity (Wildman–Crippen MR) is 95.6 cm³/mol. The van der Waals surface area contributed by atoms with Crippen molar-refractivity contribution in [3.63, 3.8) is 0 Å². The fourth-order valence-corrected chi connectivity index (χ4v) is 2.81. The van der Waals surface area contributed by atoms with Gasteiger partial charge in [-0.2, -0.15) is 5.10 Å². The molecule has 0 radical (unpaired) electrons. The number of hydrogen-bond acceptors (Lipinski definition) is 3. The summed E-state index contributed by atoms with van der Waals surface area (Å²) in [6, 6.07) is 15.2. The highest BCUT2D eigenvalue weighted by Gasteiger charge is 2.24. The van der Waals surface area contributed by atoms with Crippen molar-refractivity contribution in [3.8, 4) is 5.69 Å². The standard InChI is InChI=1S/C20H18FN3O2/c1-13-18(14(2)24(23-13)17-9-4-3-5-10-17)19(25)20(26)22-12-15-7-6-8-16(21)11-15/h3-11H,12H2,1-2H3,(H,22,26). The average Bonchev–Trinajstić information content (AvgIpc) is 2.94. The number of halogens is 1. The Labute approximate surface area is 150 Å². The van der Waals surface area contributed by atoms with Crippen LogP contribution in [0.4, 0.5) is 4.39 Å². The van der Waals surface area contributed by atoms with E-state index in [0.29, 0.717) is 17.0 Å². The van der Waals surface area contributed by atoms with Crippen LogP contribution in [0.15, 0.2) is 54.6 Å². The van der Waals surface area contributed by atoms with Crippen molar-refractivity contribution in [1.82, 2.24) is 15.1 Å². The number of benzene rings is 2. The molecule has 0 fully saturated rings. The summed E-state index contributed by atoms with van der Waals surface area (Å²) in [5, 5.41) is 6.92. The number of para-hydroxylation sites is 1. The molecule has 0 aliphatic heterocycles. The van der Waals surface area contributed by atoms with E-state index in [4.69, 9.17) is 0 Å². The number of hydrogen-bond donors (Lipinski definition) is 1. The number of nitrogens with zero attached hydrogens (tertiary/aromatic N) is 2. The van der Waals surface area contributed by atoms with Gasteiger partial charge in [0.15, 0.2) is 0 Å². The summed E-state index contributed by atoms with van der Waals surface area (Å²) in [5.74, 6) is -1.79. The van der Waals surface area contributed by atoms with Gasteiger partial charge in [-0.1, -0.05) is 30.3 Å². The smallest absolute Gasteiger partial charge is 0.292 e. The average molecular weight is 351 g/mol. The van der Waals surface area contributed by atoms with Crippen LogP contribution in [0.3, 0.4) is 0 Å². The topological polar surface area (TPSA) is 64.0 Å². The largest absolute Gasteiger partial charge is 0.345 e. The minimum atomic E-state index is -0.743. The van der Waals surface area contributed by atoms with E-state index in [1.165, 1.54) is 12.1 Å². The third-order valence-electron chi connectivity index (χ3n) is 4.07. The maximum atomic E-state index is 13.2. The van der Waals surface area contributed by atoms with Crippen LogP contribution in [0, 0.1) is 19.7 Å². The highest BCUT2D eigenvalue weighted by molar-refractivity contribution is 6.43. The Balaban J connectivity index is 1.79. The summed E-state index contributed by atoms with van der Waals surface area (Å²) in [6.45, 7) is 3.52. The third-order valence-corrected chi connectivity index (χ3v) is 4.07. The normalized spacial score (nSPS) is 10.6. The highest BCUT2D eigenvalue weighted by atomic mass is 19.1. The molecule has 0 saturated carbocycles. The molecule has 0 aliphatic rings. The van der Waals surface area contributed by atoms with Crippen molar-refractivity contribution in [3.05, 3.63) is 82.9 Å². The maximum Gasteiger partial charge on any atom is 0.292 e. The molecule has 3 aromatic rings. The number of carbonyl (C=O) groups excluding carboxylic acids is 2. The number of nitrogens with one attached hydrogen (secondary N) is 1. The number of aromatic nitrogens is 2. The lowest BCUT2D eigenvalue weighted by atomic mass is 10.1. The zero-order valence-electron chi connectivity index (χ0n) is 14.5. The van der Waals surface area contributed by atoms with Gasteiger partial charge in [-0.05, 0) is 43.7 Å². The van der Waals surface area contributed by atoms with E-state index in [2.05, 4.69) is 10.4 Å². The van der Waals surface area contributed by atoms with E-state index in [1.54, 1.807) is 30.7 Å². The third kappa shape index (κ3) is 3.54. The van der Waals surface area contributed by atoms with Crippen molar-refractivity contribution in [2.75, 3.05) is 0 Å². The number of amides is 1. The first-order valence-corrected chi connectivity index (χ1v) is 8.16. The predicted octanol–water partition coefficient (Wildman–Crippen LogP) is 3.13. The minimum absolute atomic E-state index is 0.0766. The van der Waals surface area contributed by atoms with Crippen LogP contribution in [0.1, 0.15) is 27.3 Å². The molecule has 0 aliphatic carbocycles. The van der Waals surface area contributed by atoms with Crippen LogP contribution in [0.25, 0.3) is 5.69 Å². The molecule has 0 atom stereocenters. The second-order valence-electron chi connectivity index (χ2n) is 5.93. The fraction of sp³-hybridized carbons (Fsp3) is 0.150. The van der Waals surface area contributed by atoms with Gasteiger partial charge in [0.2, 0.25) is 0 Å². The van der Waals surface area contributed by atoms with Gasteiger partial charge >= 0.3 is 0 Å². The quantitative estimate of drug-likeness (QED) is 0.567. The first-order valence-electron chi connectivity index (χ1n) is 8.16. The maximum absolute atomic E-state index is 13.2. The summed E-state index contributed by atoms with van der Waals surface area (Å²) in [6.07, 6.45) is 0. The lowest BCUT2D eigenvalue weighted by Gasteiger charge is -2.06. The molecule has 1 heterocycles. The fourth-order valence-electron chi connectivity index (χ4n) is 2.81. The van der Waals surface area contributed by atoms with E-state index in [0.717, 1.165) is 5.69 Å². The van der Waals surface area contributed by atoms with Crippen molar-refractivity contribution in [2.24, 2.45) is 0 Å². The number of aryl methyl sites for hydroxylation is 1. The van der Waals surface area contributed by atoms with E-state index in [9.17, 15) is 14.0 Å². The first kappa shape index (κ1) is 17.5. The lowest BCUT2D eigenvalue weighted by molar-refractivity contribution is -0.117.